The Labute approximate surface area is 126 Å². The van der Waals surface area contributed by atoms with Crippen LogP contribution in [0.3, 0.4) is 0 Å². The molecular formula is C15H13ClFNO3. The molecule has 0 unspecified atom stereocenters. The van der Waals surface area contributed by atoms with Crippen LogP contribution in [0.1, 0.15) is 10.4 Å². The molecular weight excluding hydrogens is 297 g/mol. The number of rotatable bonds is 4. The number of hydrogen-bond donors (Lipinski definition) is 1. The van der Waals surface area contributed by atoms with E-state index >= 15 is 0 Å². The van der Waals surface area contributed by atoms with E-state index in [9.17, 15) is 9.18 Å². The van der Waals surface area contributed by atoms with Crippen LogP contribution in [0.4, 0.5) is 10.1 Å². The molecule has 0 saturated heterocycles. The fraction of sp³-hybridized carbons (Fsp3) is 0.133. The first-order valence-corrected chi connectivity index (χ1v) is 6.40. The van der Waals surface area contributed by atoms with Crippen LogP contribution in [0, 0.1) is 5.82 Å². The predicted molar refractivity (Wildman–Crippen MR) is 78.9 cm³/mol. The smallest absolute Gasteiger partial charge is 0.258 e. The normalized spacial score (nSPS) is 10.1. The second-order valence-electron chi connectivity index (χ2n) is 4.18. The van der Waals surface area contributed by atoms with Crippen molar-refractivity contribution in [1.82, 2.24) is 0 Å². The van der Waals surface area contributed by atoms with Crippen molar-refractivity contribution in [2.45, 2.75) is 0 Å². The Balaban J connectivity index is 2.28. The van der Waals surface area contributed by atoms with E-state index in [2.05, 4.69) is 5.32 Å². The summed E-state index contributed by atoms with van der Waals surface area (Å²) in [6, 6.07) is 8.65. The maximum atomic E-state index is 13.6. The van der Waals surface area contributed by atoms with E-state index in [1.165, 1.54) is 26.4 Å². The Morgan fingerprint density at radius 1 is 1.10 bits per heavy atom. The third-order valence-corrected chi connectivity index (χ3v) is 3.02. The molecule has 2 aromatic rings. The number of carbonyl (C=O) groups is 1. The lowest BCUT2D eigenvalue weighted by Gasteiger charge is -2.10. The number of carbonyl (C=O) groups excluding carboxylic acids is 1. The van der Waals surface area contributed by atoms with Gasteiger partial charge in [0.05, 0.1) is 19.8 Å². The van der Waals surface area contributed by atoms with Crippen molar-refractivity contribution in [2.75, 3.05) is 19.5 Å². The highest BCUT2D eigenvalue weighted by atomic mass is 35.5. The maximum Gasteiger partial charge on any atom is 0.258 e. The van der Waals surface area contributed by atoms with Gasteiger partial charge < -0.3 is 14.8 Å². The number of halogens is 2. The Bertz CT molecular complexity index is 654. The quantitative estimate of drug-likeness (QED) is 0.935. The van der Waals surface area contributed by atoms with Crippen LogP contribution in [0.2, 0.25) is 5.02 Å². The van der Waals surface area contributed by atoms with E-state index in [1.54, 1.807) is 18.2 Å². The molecule has 0 bridgehead atoms. The molecule has 1 amide bonds. The Morgan fingerprint density at radius 3 is 2.29 bits per heavy atom. The highest BCUT2D eigenvalue weighted by Gasteiger charge is 2.13. The van der Waals surface area contributed by atoms with Crippen LogP contribution in [-0.2, 0) is 0 Å². The van der Waals surface area contributed by atoms with Gasteiger partial charge in [0, 0.05) is 28.9 Å². The van der Waals surface area contributed by atoms with Crippen LogP contribution < -0.4 is 14.8 Å². The maximum absolute atomic E-state index is 13.6. The standard InChI is InChI=1S/C15H13ClFNO3/c1-20-11-6-10(7-12(8-11)21-2)18-15(19)13-5-9(16)3-4-14(13)17/h3-8H,1-2H3,(H,18,19). The summed E-state index contributed by atoms with van der Waals surface area (Å²) in [5, 5.41) is 2.86. The minimum Gasteiger partial charge on any atom is -0.497 e. The van der Waals surface area contributed by atoms with Gasteiger partial charge in [0.2, 0.25) is 0 Å². The minimum absolute atomic E-state index is 0.135. The van der Waals surface area contributed by atoms with E-state index in [0.29, 0.717) is 17.2 Å². The van der Waals surface area contributed by atoms with Crippen molar-refractivity contribution in [3.8, 4) is 11.5 Å². The van der Waals surface area contributed by atoms with Gasteiger partial charge in [-0.05, 0) is 18.2 Å². The van der Waals surface area contributed by atoms with E-state index in [0.717, 1.165) is 6.07 Å². The fourth-order valence-electron chi connectivity index (χ4n) is 1.75. The summed E-state index contributed by atoms with van der Waals surface area (Å²) in [5.74, 6) is -0.232. The number of hydrogen-bond acceptors (Lipinski definition) is 3. The third kappa shape index (κ3) is 3.64. The number of methoxy groups -OCH3 is 2. The molecule has 0 aliphatic carbocycles. The van der Waals surface area contributed by atoms with Gasteiger partial charge in [-0.1, -0.05) is 11.6 Å². The van der Waals surface area contributed by atoms with Gasteiger partial charge in [-0.25, -0.2) is 4.39 Å². The van der Waals surface area contributed by atoms with E-state index in [-0.39, 0.29) is 10.6 Å². The summed E-state index contributed by atoms with van der Waals surface area (Å²) >= 11 is 5.77. The molecule has 2 aromatic carbocycles. The van der Waals surface area contributed by atoms with Crippen molar-refractivity contribution in [3.63, 3.8) is 0 Å². The van der Waals surface area contributed by atoms with E-state index in [1.807, 2.05) is 0 Å². The molecule has 0 aliphatic heterocycles. The molecule has 110 valence electrons. The minimum atomic E-state index is -0.647. The van der Waals surface area contributed by atoms with Crippen molar-refractivity contribution in [3.05, 3.63) is 52.8 Å². The van der Waals surface area contributed by atoms with Gasteiger partial charge in [0.25, 0.3) is 5.91 Å². The Hall–Kier alpha value is -2.27. The molecule has 0 aromatic heterocycles. The highest BCUT2D eigenvalue weighted by Crippen LogP contribution is 2.26. The zero-order valence-corrected chi connectivity index (χ0v) is 12.2. The summed E-state index contributed by atoms with van der Waals surface area (Å²) in [6.45, 7) is 0. The van der Waals surface area contributed by atoms with Crippen LogP contribution in [0.15, 0.2) is 36.4 Å². The molecule has 0 saturated carbocycles. The molecule has 0 radical (unpaired) electrons. The first-order chi connectivity index (χ1) is 10.0. The van der Waals surface area contributed by atoms with Gasteiger partial charge in [0.15, 0.2) is 0 Å². The second-order valence-corrected chi connectivity index (χ2v) is 4.62. The average molecular weight is 310 g/mol. The number of amides is 1. The zero-order valence-electron chi connectivity index (χ0n) is 11.4. The largest absolute Gasteiger partial charge is 0.497 e. The topological polar surface area (TPSA) is 47.6 Å². The molecule has 0 fully saturated rings. The number of nitrogens with one attached hydrogen (secondary N) is 1. The molecule has 6 heteroatoms. The predicted octanol–water partition coefficient (Wildman–Crippen LogP) is 3.75. The van der Waals surface area contributed by atoms with Crippen LogP contribution >= 0.6 is 11.6 Å². The van der Waals surface area contributed by atoms with Crippen molar-refractivity contribution < 1.29 is 18.7 Å². The summed E-state index contributed by atoms with van der Waals surface area (Å²) < 4.78 is 23.8. The summed E-state index contributed by atoms with van der Waals surface area (Å²) in [7, 11) is 2.99. The van der Waals surface area contributed by atoms with Crippen LogP contribution in [0.25, 0.3) is 0 Å². The van der Waals surface area contributed by atoms with Crippen LogP contribution in [-0.4, -0.2) is 20.1 Å². The van der Waals surface area contributed by atoms with Crippen LogP contribution in [0.5, 0.6) is 11.5 Å². The van der Waals surface area contributed by atoms with Crippen molar-refractivity contribution in [1.29, 1.82) is 0 Å². The molecule has 0 spiro atoms. The first kappa shape index (κ1) is 15.1. The monoisotopic (exact) mass is 309 g/mol. The van der Waals surface area contributed by atoms with Gasteiger partial charge in [0.1, 0.15) is 17.3 Å². The third-order valence-electron chi connectivity index (χ3n) is 2.78. The number of anilines is 1. The van der Waals surface area contributed by atoms with Gasteiger partial charge in [-0.15, -0.1) is 0 Å². The summed E-state index contributed by atoms with van der Waals surface area (Å²) in [4.78, 5) is 12.1. The van der Waals surface area contributed by atoms with Gasteiger partial charge in [-0.2, -0.15) is 0 Å². The molecule has 0 atom stereocenters. The molecule has 0 aliphatic rings. The highest BCUT2D eigenvalue weighted by molar-refractivity contribution is 6.31. The van der Waals surface area contributed by atoms with Gasteiger partial charge in [-0.3, -0.25) is 4.79 Å². The van der Waals surface area contributed by atoms with E-state index in [4.69, 9.17) is 21.1 Å². The van der Waals surface area contributed by atoms with Crippen molar-refractivity contribution in [2.24, 2.45) is 0 Å². The lowest BCUT2D eigenvalue weighted by molar-refractivity contribution is 0.102. The van der Waals surface area contributed by atoms with Crippen molar-refractivity contribution >= 4 is 23.2 Å². The number of ether oxygens (including phenoxy) is 2. The lowest BCUT2D eigenvalue weighted by Crippen LogP contribution is -2.14. The lowest BCUT2D eigenvalue weighted by atomic mass is 10.2. The molecule has 1 N–H and O–H groups in total. The Morgan fingerprint density at radius 2 is 1.71 bits per heavy atom. The summed E-state index contributed by atoms with van der Waals surface area (Å²) in [6.07, 6.45) is 0. The first-order valence-electron chi connectivity index (χ1n) is 6.03. The summed E-state index contributed by atoms with van der Waals surface area (Å²) in [5.41, 5.74) is 0.292. The fourth-order valence-corrected chi connectivity index (χ4v) is 1.92. The number of benzene rings is 2. The molecule has 4 nitrogen and oxygen atoms in total. The SMILES string of the molecule is COc1cc(NC(=O)c2cc(Cl)ccc2F)cc(OC)c1. The Kier molecular flexibility index (Phi) is 4.65. The van der Waals surface area contributed by atoms with Gasteiger partial charge >= 0.3 is 0 Å². The molecule has 2 rings (SSSR count). The molecule has 0 heterocycles. The van der Waals surface area contributed by atoms with E-state index < -0.39 is 11.7 Å². The molecule has 21 heavy (non-hydrogen) atoms. The second kappa shape index (κ2) is 6.45. The zero-order chi connectivity index (χ0) is 15.4. The average Bonchev–Trinajstić information content (AvgIpc) is 2.49.